The van der Waals surface area contributed by atoms with Gasteiger partial charge in [0.15, 0.2) is 0 Å². The number of aromatic amines is 1. The number of fused-ring (bicyclic) bond motifs is 1. The van der Waals surface area contributed by atoms with Crippen LogP contribution in [0.25, 0.3) is 16.6 Å². The smallest absolute Gasteiger partial charge is 0.246 e. The zero-order chi connectivity index (χ0) is 18.3. The second-order valence-electron chi connectivity index (χ2n) is 6.02. The Balaban J connectivity index is 1.63. The van der Waals surface area contributed by atoms with Crippen LogP contribution < -0.4 is 0 Å². The van der Waals surface area contributed by atoms with Crippen LogP contribution >= 0.6 is 11.6 Å². The lowest BCUT2D eigenvalue weighted by molar-refractivity contribution is 0.436. The van der Waals surface area contributed by atoms with Crippen molar-refractivity contribution >= 4 is 38.2 Å². The minimum Gasteiger partial charge on any atom is -0.346 e. The van der Waals surface area contributed by atoms with E-state index in [1.807, 2.05) is 24.4 Å². The summed E-state index contributed by atoms with van der Waals surface area (Å²) in [6.07, 6.45) is 6.00. The van der Waals surface area contributed by atoms with Gasteiger partial charge in [-0.15, -0.1) is 0 Å². The van der Waals surface area contributed by atoms with Crippen molar-refractivity contribution in [2.75, 3.05) is 13.1 Å². The number of benzene rings is 1. The topological polar surface area (TPSA) is 66.1 Å². The summed E-state index contributed by atoms with van der Waals surface area (Å²) >= 11 is 5.71. The van der Waals surface area contributed by atoms with Gasteiger partial charge < -0.3 is 4.98 Å². The van der Waals surface area contributed by atoms with Crippen molar-refractivity contribution < 1.29 is 12.8 Å². The van der Waals surface area contributed by atoms with Gasteiger partial charge in [0.1, 0.15) is 16.4 Å². The van der Waals surface area contributed by atoms with Crippen LogP contribution in [0.3, 0.4) is 0 Å². The number of halogens is 2. The molecule has 5 nitrogen and oxygen atoms in total. The number of hydrogen-bond acceptors (Lipinski definition) is 3. The third-order valence-electron chi connectivity index (χ3n) is 4.48. The highest BCUT2D eigenvalue weighted by molar-refractivity contribution is 7.89. The maximum Gasteiger partial charge on any atom is 0.246 e. The van der Waals surface area contributed by atoms with Gasteiger partial charge in [0.05, 0.1) is 0 Å². The Morgan fingerprint density at radius 2 is 2.12 bits per heavy atom. The van der Waals surface area contributed by atoms with Crippen molar-refractivity contribution in [1.82, 2.24) is 14.3 Å². The third kappa shape index (κ3) is 2.92. The quantitative estimate of drug-likeness (QED) is 0.737. The van der Waals surface area contributed by atoms with E-state index in [1.54, 1.807) is 6.20 Å². The first-order chi connectivity index (χ1) is 12.5. The van der Waals surface area contributed by atoms with Gasteiger partial charge in [-0.3, -0.25) is 0 Å². The zero-order valence-corrected chi connectivity index (χ0v) is 15.2. The van der Waals surface area contributed by atoms with E-state index in [9.17, 15) is 12.8 Å². The second-order valence-corrected chi connectivity index (χ2v) is 8.36. The maximum absolute atomic E-state index is 14.1. The van der Waals surface area contributed by atoms with E-state index in [0.29, 0.717) is 6.42 Å². The average Bonchev–Trinajstić information content (AvgIpc) is 3.05. The van der Waals surface area contributed by atoms with Crippen molar-refractivity contribution in [2.24, 2.45) is 0 Å². The Kier molecular flexibility index (Phi) is 4.30. The van der Waals surface area contributed by atoms with Crippen LogP contribution in [-0.4, -0.2) is 35.8 Å². The highest BCUT2D eigenvalue weighted by Crippen LogP contribution is 2.31. The molecule has 1 aromatic carbocycles. The van der Waals surface area contributed by atoms with Gasteiger partial charge in [-0.05, 0) is 42.3 Å². The number of nitrogens with zero attached hydrogens (tertiary/aromatic N) is 2. The molecule has 0 saturated carbocycles. The van der Waals surface area contributed by atoms with Crippen molar-refractivity contribution in [1.29, 1.82) is 0 Å². The van der Waals surface area contributed by atoms with Crippen LogP contribution in [0.2, 0.25) is 5.02 Å². The standard InChI is InChI=1S/C18H15ClFN3O2S/c19-13-3-4-17(16(20)10-13)26(24,25)23-8-5-12(6-9-23)15-11-22-18-14(15)2-1-7-21-18/h1-5,7,10-11H,6,8-9H2,(H,21,22). The Bertz CT molecular complexity index is 1120. The van der Waals surface area contributed by atoms with E-state index in [2.05, 4.69) is 9.97 Å². The molecule has 3 aromatic rings. The lowest BCUT2D eigenvalue weighted by atomic mass is 10.0. The van der Waals surface area contributed by atoms with Crippen molar-refractivity contribution in [3.05, 3.63) is 65.2 Å². The molecule has 1 aliphatic rings. The van der Waals surface area contributed by atoms with Crippen molar-refractivity contribution in [3.63, 3.8) is 0 Å². The van der Waals surface area contributed by atoms with Gasteiger partial charge in [-0.25, -0.2) is 17.8 Å². The zero-order valence-electron chi connectivity index (χ0n) is 13.6. The molecule has 1 N–H and O–H groups in total. The van der Waals surface area contributed by atoms with Gasteiger partial charge in [-0.1, -0.05) is 17.7 Å². The number of hydrogen-bond donors (Lipinski definition) is 1. The molecule has 134 valence electrons. The van der Waals surface area contributed by atoms with Crippen LogP contribution in [0.15, 0.2) is 53.7 Å². The fourth-order valence-corrected chi connectivity index (χ4v) is 4.74. The van der Waals surface area contributed by atoms with Gasteiger partial charge in [0.25, 0.3) is 0 Å². The van der Waals surface area contributed by atoms with E-state index in [0.717, 1.165) is 28.2 Å². The Morgan fingerprint density at radius 3 is 2.85 bits per heavy atom. The molecular weight excluding hydrogens is 377 g/mol. The van der Waals surface area contributed by atoms with Crippen molar-refractivity contribution in [3.8, 4) is 0 Å². The van der Waals surface area contributed by atoms with Gasteiger partial charge in [-0.2, -0.15) is 4.31 Å². The lowest BCUT2D eigenvalue weighted by Gasteiger charge is -2.26. The number of nitrogens with one attached hydrogen (secondary N) is 1. The Hall–Kier alpha value is -2.22. The number of rotatable bonds is 3. The molecule has 0 radical (unpaired) electrons. The van der Waals surface area contributed by atoms with Gasteiger partial charge in [0, 0.05) is 41.5 Å². The molecule has 0 atom stereocenters. The highest BCUT2D eigenvalue weighted by atomic mass is 35.5. The van der Waals surface area contributed by atoms with E-state index in [-0.39, 0.29) is 23.0 Å². The summed E-state index contributed by atoms with van der Waals surface area (Å²) in [5.74, 6) is -0.838. The molecule has 0 amide bonds. The molecular formula is C18H15ClFN3O2S. The summed E-state index contributed by atoms with van der Waals surface area (Å²) in [6.45, 7) is 0.468. The number of sulfonamides is 1. The number of H-pyrrole nitrogens is 1. The molecule has 0 unspecified atom stereocenters. The van der Waals surface area contributed by atoms with Crippen LogP contribution in [0.4, 0.5) is 4.39 Å². The first-order valence-corrected chi connectivity index (χ1v) is 9.85. The monoisotopic (exact) mass is 391 g/mol. The molecule has 1 aliphatic heterocycles. The summed E-state index contributed by atoms with van der Waals surface area (Å²) in [5.41, 5.74) is 2.86. The predicted molar refractivity (Wildman–Crippen MR) is 98.9 cm³/mol. The van der Waals surface area contributed by atoms with Gasteiger partial charge >= 0.3 is 0 Å². The van der Waals surface area contributed by atoms with Crippen LogP contribution in [-0.2, 0) is 10.0 Å². The van der Waals surface area contributed by atoms with Gasteiger partial charge in [0.2, 0.25) is 10.0 Å². The number of aromatic nitrogens is 2. The van der Waals surface area contributed by atoms with Crippen LogP contribution in [0.5, 0.6) is 0 Å². The first-order valence-electron chi connectivity index (χ1n) is 8.03. The minimum atomic E-state index is -3.91. The third-order valence-corrected chi connectivity index (χ3v) is 6.61. The first kappa shape index (κ1) is 17.2. The fraction of sp³-hybridized carbons (Fsp3) is 0.167. The lowest BCUT2D eigenvalue weighted by Crippen LogP contribution is -2.35. The molecule has 0 spiro atoms. The largest absolute Gasteiger partial charge is 0.346 e. The van der Waals surface area contributed by atoms with Crippen LogP contribution in [0.1, 0.15) is 12.0 Å². The predicted octanol–water partition coefficient (Wildman–Crippen LogP) is 3.83. The highest BCUT2D eigenvalue weighted by Gasteiger charge is 2.29. The van der Waals surface area contributed by atoms with Crippen molar-refractivity contribution in [2.45, 2.75) is 11.3 Å². The molecule has 0 fully saturated rings. The molecule has 26 heavy (non-hydrogen) atoms. The van der Waals surface area contributed by atoms with E-state index >= 15 is 0 Å². The maximum atomic E-state index is 14.1. The van der Waals surface area contributed by atoms with Crippen LogP contribution in [0, 0.1) is 5.82 Å². The molecule has 8 heteroatoms. The van der Waals surface area contributed by atoms with E-state index in [4.69, 9.17) is 11.6 Å². The SMILES string of the molecule is O=S(=O)(c1ccc(Cl)cc1F)N1CC=C(c2c[nH]c3ncccc23)CC1. The Labute approximate surface area is 155 Å². The average molecular weight is 392 g/mol. The second kappa shape index (κ2) is 6.50. The fourth-order valence-electron chi connectivity index (χ4n) is 3.16. The summed E-state index contributed by atoms with van der Waals surface area (Å²) in [4.78, 5) is 7.03. The minimum absolute atomic E-state index is 0.162. The molecule has 2 aromatic heterocycles. The molecule has 3 heterocycles. The summed E-state index contributed by atoms with van der Waals surface area (Å²) in [7, 11) is -3.91. The molecule has 4 rings (SSSR count). The molecule has 0 bridgehead atoms. The van der Waals surface area contributed by atoms with E-state index < -0.39 is 15.8 Å². The van der Waals surface area contributed by atoms with E-state index in [1.165, 1.54) is 16.4 Å². The molecule has 0 aliphatic carbocycles. The normalized spacial score (nSPS) is 16.0. The number of pyridine rings is 1. The summed E-state index contributed by atoms with van der Waals surface area (Å²) in [6, 6.07) is 7.43. The Morgan fingerprint density at radius 1 is 1.27 bits per heavy atom. The molecule has 0 saturated heterocycles. The summed E-state index contributed by atoms with van der Waals surface area (Å²) < 4.78 is 40.8. The summed E-state index contributed by atoms with van der Waals surface area (Å²) in [5, 5.41) is 1.16.